The molecule has 0 bridgehead atoms. The van der Waals surface area contributed by atoms with Gasteiger partial charge in [-0.25, -0.2) is 8.42 Å². The Hall–Kier alpha value is -1.11. The summed E-state index contributed by atoms with van der Waals surface area (Å²) in [7, 11) is -3.40. The summed E-state index contributed by atoms with van der Waals surface area (Å²) in [5, 5.41) is 11.7. The molecular formula is C11H14ClNO4S. The molecule has 0 aliphatic carbocycles. The molecule has 5 nitrogen and oxygen atoms in total. The van der Waals surface area contributed by atoms with Gasteiger partial charge in [-0.15, -0.1) is 0 Å². The van der Waals surface area contributed by atoms with Crippen LogP contribution in [-0.2, 0) is 21.2 Å². The second-order valence-electron chi connectivity index (χ2n) is 3.93. The van der Waals surface area contributed by atoms with E-state index in [0.717, 1.165) is 6.26 Å². The normalized spacial score (nSPS) is 13.3. The summed E-state index contributed by atoms with van der Waals surface area (Å²) >= 11 is 5.95. The molecule has 0 saturated heterocycles. The molecule has 1 rings (SSSR count). The van der Waals surface area contributed by atoms with Crippen molar-refractivity contribution in [1.29, 1.82) is 0 Å². The fraction of sp³-hybridized carbons (Fsp3) is 0.364. The maximum atomic E-state index is 11.6. The Bertz CT molecular complexity index is 556. The van der Waals surface area contributed by atoms with Crippen LogP contribution in [0.4, 0.5) is 0 Å². The molecule has 0 amide bonds. The lowest BCUT2D eigenvalue weighted by molar-refractivity contribution is -0.139. The van der Waals surface area contributed by atoms with Crippen LogP contribution in [0.5, 0.6) is 0 Å². The van der Waals surface area contributed by atoms with Gasteiger partial charge in [0.1, 0.15) is 6.04 Å². The third-order valence-electron chi connectivity index (χ3n) is 2.43. The number of aliphatic carboxylic acids is 1. The van der Waals surface area contributed by atoms with Crippen molar-refractivity contribution >= 4 is 27.4 Å². The van der Waals surface area contributed by atoms with Crippen LogP contribution in [0, 0.1) is 0 Å². The first-order valence-corrected chi connectivity index (χ1v) is 7.44. The van der Waals surface area contributed by atoms with E-state index in [-0.39, 0.29) is 11.4 Å². The zero-order valence-corrected chi connectivity index (χ0v) is 11.5. The van der Waals surface area contributed by atoms with Crippen molar-refractivity contribution in [3.05, 3.63) is 28.8 Å². The molecule has 0 aliphatic heterocycles. The van der Waals surface area contributed by atoms with E-state index < -0.39 is 21.8 Å². The number of halogens is 1. The first-order chi connectivity index (χ1) is 8.23. The number of sulfone groups is 1. The third kappa shape index (κ3) is 3.69. The molecule has 1 aromatic rings. The van der Waals surface area contributed by atoms with E-state index in [4.69, 9.17) is 16.7 Å². The lowest BCUT2D eigenvalue weighted by Gasteiger charge is -2.13. The van der Waals surface area contributed by atoms with E-state index in [1.807, 2.05) is 0 Å². The van der Waals surface area contributed by atoms with E-state index in [1.165, 1.54) is 13.0 Å². The number of hydrogen-bond donors (Lipinski definition) is 2. The van der Waals surface area contributed by atoms with E-state index in [1.54, 1.807) is 12.1 Å². The van der Waals surface area contributed by atoms with Crippen molar-refractivity contribution in [1.82, 2.24) is 5.32 Å². The summed E-state index contributed by atoms with van der Waals surface area (Å²) in [4.78, 5) is 10.8. The molecule has 7 heteroatoms. The van der Waals surface area contributed by atoms with Crippen LogP contribution in [0.3, 0.4) is 0 Å². The minimum Gasteiger partial charge on any atom is -0.480 e. The molecule has 0 aromatic heterocycles. The quantitative estimate of drug-likeness (QED) is 0.854. The van der Waals surface area contributed by atoms with Gasteiger partial charge in [-0.2, -0.15) is 0 Å². The van der Waals surface area contributed by atoms with Crippen molar-refractivity contribution in [2.24, 2.45) is 0 Å². The fourth-order valence-corrected chi connectivity index (χ4v) is 2.65. The zero-order valence-electron chi connectivity index (χ0n) is 9.97. The highest BCUT2D eigenvalue weighted by atomic mass is 35.5. The summed E-state index contributed by atoms with van der Waals surface area (Å²) < 4.78 is 23.2. The molecule has 0 aliphatic rings. The van der Waals surface area contributed by atoms with Crippen molar-refractivity contribution in [2.75, 3.05) is 6.26 Å². The highest BCUT2D eigenvalue weighted by Gasteiger charge is 2.17. The van der Waals surface area contributed by atoms with Gasteiger partial charge in [-0.1, -0.05) is 17.7 Å². The molecule has 1 aromatic carbocycles. The fourth-order valence-electron chi connectivity index (χ4n) is 1.40. The summed E-state index contributed by atoms with van der Waals surface area (Å²) in [6, 6.07) is 3.78. The number of carboxylic acids is 1. The van der Waals surface area contributed by atoms with E-state index in [9.17, 15) is 13.2 Å². The van der Waals surface area contributed by atoms with Crippen LogP contribution in [0.2, 0.25) is 5.02 Å². The summed E-state index contributed by atoms with van der Waals surface area (Å²) in [6.45, 7) is 1.55. The van der Waals surface area contributed by atoms with Crippen molar-refractivity contribution in [3.8, 4) is 0 Å². The molecule has 1 unspecified atom stereocenters. The number of carbonyl (C=O) groups is 1. The highest BCUT2D eigenvalue weighted by molar-refractivity contribution is 7.90. The topological polar surface area (TPSA) is 83.5 Å². The van der Waals surface area contributed by atoms with Crippen molar-refractivity contribution < 1.29 is 18.3 Å². The smallest absolute Gasteiger partial charge is 0.320 e. The molecule has 0 saturated carbocycles. The van der Waals surface area contributed by atoms with Gasteiger partial charge in [-0.3, -0.25) is 4.79 Å². The lowest BCUT2D eigenvalue weighted by atomic mass is 10.2. The first-order valence-electron chi connectivity index (χ1n) is 5.17. The average molecular weight is 292 g/mol. The number of benzene rings is 1. The van der Waals surface area contributed by atoms with Crippen LogP contribution in [0.1, 0.15) is 12.5 Å². The van der Waals surface area contributed by atoms with Crippen LogP contribution >= 0.6 is 11.6 Å². The Morgan fingerprint density at radius 2 is 2.11 bits per heavy atom. The van der Waals surface area contributed by atoms with Crippen LogP contribution in [-0.4, -0.2) is 31.8 Å². The van der Waals surface area contributed by atoms with Gasteiger partial charge in [0.25, 0.3) is 0 Å². The largest absolute Gasteiger partial charge is 0.480 e. The van der Waals surface area contributed by atoms with Gasteiger partial charge in [0.2, 0.25) is 0 Å². The minimum absolute atomic E-state index is 0.0789. The predicted octanol–water partition coefficient (Wildman–Crippen LogP) is 1.31. The number of nitrogens with one attached hydrogen (secondary N) is 1. The monoisotopic (exact) mass is 291 g/mol. The Balaban J connectivity index is 3.05. The Kier molecular flexibility index (Phi) is 4.72. The molecular weight excluding hydrogens is 278 g/mol. The maximum Gasteiger partial charge on any atom is 0.320 e. The molecule has 2 N–H and O–H groups in total. The van der Waals surface area contributed by atoms with Gasteiger partial charge in [-0.05, 0) is 19.1 Å². The van der Waals surface area contributed by atoms with Gasteiger partial charge < -0.3 is 10.4 Å². The van der Waals surface area contributed by atoms with E-state index in [2.05, 4.69) is 5.32 Å². The zero-order chi connectivity index (χ0) is 13.9. The summed E-state index contributed by atoms with van der Waals surface area (Å²) in [5.41, 5.74) is 0.384. The molecule has 0 heterocycles. The SMILES string of the molecule is CC(NCc1c(Cl)cccc1S(C)(=O)=O)C(=O)O. The molecule has 1 atom stereocenters. The molecule has 0 fully saturated rings. The van der Waals surface area contributed by atoms with Gasteiger partial charge in [0.15, 0.2) is 9.84 Å². The van der Waals surface area contributed by atoms with Gasteiger partial charge in [0.05, 0.1) is 4.90 Å². The lowest BCUT2D eigenvalue weighted by Crippen LogP contribution is -2.33. The maximum absolute atomic E-state index is 11.6. The van der Waals surface area contributed by atoms with Crippen LogP contribution in [0.25, 0.3) is 0 Å². The number of rotatable bonds is 5. The predicted molar refractivity (Wildman–Crippen MR) is 68.5 cm³/mol. The van der Waals surface area contributed by atoms with Gasteiger partial charge in [0, 0.05) is 23.4 Å². The Morgan fingerprint density at radius 3 is 2.61 bits per heavy atom. The Labute approximate surface area is 111 Å². The van der Waals surface area contributed by atoms with Crippen molar-refractivity contribution in [3.63, 3.8) is 0 Å². The molecule has 0 spiro atoms. The second kappa shape index (κ2) is 5.69. The highest BCUT2D eigenvalue weighted by Crippen LogP contribution is 2.23. The van der Waals surface area contributed by atoms with Crippen molar-refractivity contribution in [2.45, 2.75) is 24.4 Å². The van der Waals surface area contributed by atoms with E-state index >= 15 is 0 Å². The molecule has 18 heavy (non-hydrogen) atoms. The first kappa shape index (κ1) is 14.9. The summed E-state index contributed by atoms with van der Waals surface area (Å²) in [5.74, 6) is -1.01. The Morgan fingerprint density at radius 1 is 1.50 bits per heavy atom. The molecule has 0 radical (unpaired) electrons. The third-order valence-corrected chi connectivity index (χ3v) is 3.97. The number of hydrogen-bond acceptors (Lipinski definition) is 4. The molecule has 100 valence electrons. The van der Waals surface area contributed by atoms with Crippen LogP contribution in [0.15, 0.2) is 23.1 Å². The second-order valence-corrected chi connectivity index (χ2v) is 6.32. The van der Waals surface area contributed by atoms with Gasteiger partial charge >= 0.3 is 5.97 Å². The average Bonchev–Trinajstić information content (AvgIpc) is 2.25. The summed E-state index contributed by atoms with van der Waals surface area (Å²) in [6.07, 6.45) is 1.09. The van der Waals surface area contributed by atoms with E-state index in [0.29, 0.717) is 10.6 Å². The standard InChI is InChI=1S/C11H14ClNO4S/c1-7(11(14)15)13-6-8-9(12)4-3-5-10(8)18(2,16)17/h3-5,7,13H,6H2,1-2H3,(H,14,15). The minimum atomic E-state index is -3.40. The number of carboxylic acid groups (broad SMARTS) is 1. The van der Waals surface area contributed by atoms with Crippen LogP contribution < -0.4 is 5.32 Å².